The molecule has 1 aromatic rings. The third-order valence-electron chi connectivity index (χ3n) is 4.53. The Morgan fingerprint density at radius 1 is 0.920 bits per heavy atom. The van der Waals surface area contributed by atoms with Gasteiger partial charge in [-0.15, -0.1) is 0 Å². The van der Waals surface area contributed by atoms with Crippen LogP contribution in [0.5, 0.6) is 5.75 Å². The molecule has 0 spiro atoms. The predicted molar refractivity (Wildman–Crippen MR) is 87.4 cm³/mol. The number of hydrogen-bond acceptors (Lipinski definition) is 1. The minimum absolute atomic E-state index is 0. The summed E-state index contributed by atoms with van der Waals surface area (Å²) in [4.78, 5) is 0. The molecule has 4 nitrogen and oxygen atoms in total. The van der Waals surface area contributed by atoms with Crippen molar-refractivity contribution in [2.24, 2.45) is 5.41 Å². The standard InChI is InChI=1S/C17H20O.3CO.Fe/c1-17-12-4-3-5-14(17)8-11-16(17)13-6-9-15(18-2)10-7-13;3*1-2;/h6-11H,3-5,12H2,1-2H3;;;;. The first-order valence-electron chi connectivity index (χ1n) is 7.41. The SMILES string of the molecule is COc1ccc(C2=CC=C3CCCCC32C)cc1.[C-]#[O+].[C-]#[O+].[C-]#[O+].[Fe]. The minimum atomic E-state index is 0. The van der Waals surface area contributed by atoms with Crippen molar-refractivity contribution in [3.05, 3.63) is 67.5 Å². The van der Waals surface area contributed by atoms with Gasteiger partial charge >= 0.3 is 33.9 Å². The molecule has 3 rings (SSSR count). The summed E-state index contributed by atoms with van der Waals surface area (Å²) in [5.41, 5.74) is 4.73. The van der Waals surface area contributed by atoms with Crippen molar-refractivity contribution in [1.29, 1.82) is 0 Å². The molecule has 1 atom stereocenters. The molecule has 25 heavy (non-hydrogen) atoms. The van der Waals surface area contributed by atoms with Gasteiger partial charge < -0.3 is 4.74 Å². The van der Waals surface area contributed by atoms with Gasteiger partial charge in [0, 0.05) is 22.5 Å². The number of hydrogen-bond donors (Lipinski definition) is 0. The van der Waals surface area contributed by atoms with Gasteiger partial charge in [0.05, 0.1) is 7.11 Å². The van der Waals surface area contributed by atoms with Crippen LogP contribution >= 0.6 is 0 Å². The molecule has 0 saturated heterocycles. The Balaban J connectivity index is 0. The smallest absolute Gasteiger partial charge is 0 e. The normalized spacial score (nSPS) is 19.2. The van der Waals surface area contributed by atoms with Crippen LogP contribution in [0.2, 0.25) is 0 Å². The van der Waals surface area contributed by atoms with Crippen LogP contribution in [0.3, 0.4) is 0 Å². The van der Waals surface area contributed by atoms with E-state index in [-0.39, 0.29) is 22.5 Å². The number of fused-ring (bicyclic) bond motifs is 1. The minimum Gasteiger partial charge on any atom is 0 e. The van der Waals surface area contributed by atoms with E-state index in [0.717, 1.165) is 5.75 Å². The quantitative estimate of drug-likeness (QED) is 0.424. The van der Waals surface area contributed by atoms with Gasteiger partial charge in [-0.05, 0) is 42.5 Å². The van der Waals surface area contributed by atoms with Gasteiger partial charge in [-0.3, -0.25) is 0 Å². The Morgan fingerprint density at radius 2 is 1.48 bits per heavy atom. The van der Waals surface area contributed by atoms with E-state index in [1.807, 2.05) is 0 Å². The number of rotatable bonds is 2. The van der Waals surface area contributed by atoms with E-state index in [2.05, 4.69) is 63.3 Å². The maximum atomic E-state index is 7.50. The zero-order valence-corrected chi connectivity index (χ0v) is 15.4. The van der Waals surface area contributed by atoms with E-state index in [9.17, 15) is 0 Å². The van der Waals surface area contributed by atoms with Crippen LogP contribution in [0.1, 0.15) is 38.2 Å². The summed E-state index contributed by atoms with van der Waals surface area (Å²) in [6, 6.07) is 8.48. The van der Waals surface area contributed by atoms with Crippen LogP contribution in [0.4, 0.5) is 0 Å². The topological polar surface area (TPSA) is 68.9 Å². The number of methoxy groups -OCH3 is 1. The molecule has 1 fully saturated rings. The molecular weight excluding hydrogens is 360 g/mol. The van der Waals surface area contributed by atoms with Gasteiger partial charge in [0.2, 0.25) is 0 Å². The molecule has 0 bridgehead atoms. The fourth-order valence-corrected chi connectivity index (χ4v) is 3.36. The van der Waals surface area contributed by atoms with Crippen LogP contribution in [0.15, 0.2) is 42.0 Å². The fourth-order valence-electron chi connectivity index (χ4n) is 3.36. The van der Waals surface area contributed by atoms with E-state index in [1.54, 1.807) is 12.7 Å². The number of allylic oxidation sites excluding steroid dienone is 4. The van der Waals surface area contributed by atoms with Gasteiger partial charge in [-0.25, -0.2) is 0 Å². The second kappa shape index (κ2) is 13.5. The summed E-state index contributed by atoms with van der Waals surface area (Å²) >= 11 is 0. The van der Waals surface area contributed by atoms with Gasteiger partial charge in [-0.2, -0.15) is 0 Å². The maximum Gasteiger partial charge on any atom is 0 e. The van der Waals surface area contributed by atoms with Crippen molar-refractivity contribution in [1.82, 2.24) is 0 Å². The molecular formula is C20H20FeO4. The van der Waals surface area contributed by atoms with Crippen LogP contribution in [0, 0.1) is 25.4 Å². The summed E-state index contributed by atoms with van der Waals surface area (Å²) in [6.45, 7) is 15.9. The zero-order chi connectivity index (χ0) is 18.6. The molecule has 1 unspecified atom stereocenters. The molecule has 5 heteroatoms. The van der Waals surface area contributed by atoms with E-state index in [1.165, 1.54) is 36.8 Å². The molecule has 0 N–H and O–H groups in total. The number of benzene rings is 1. The molecule has 0 radical (unpaired) electrons. The third-order valence-corrected chi connectivity index (χ3v) is 4.53. The van der Waals surface area contributed by atoms with E-state index in [4.69, 9.17) is 18.7 Å². The Kier molecular flexibility index (Phi) is 13.8. The first kappa shape index (κ1) is 25.5. The van der Waals surface area contributed by atoms with Crippen molar-refractivity contribution >= 4 is 5.57 Å². The first-order valence-corrected chi connectivity index (χ1v) is 7.41. The van der Waals surface area contributed by atoms with E-state index in [0.29, 0.717) is 0 Å². The molecule has 0 aliphatic heterocycles. The second-order valence-corrected chi connectivity index (χ2v) is 5.54. The Labute approximate surface area is 160 Å². The average molecular weight is 380 g/mol. The van der Waals surface area contributed by atoms with Crippen LogP contribution in [-0.4, -0.2) is 7.11 Å². The van der Waals surface area contributed by atoms with E-state index < -0.39 is 0 Å². The number of ether oxygens (including phenoxy) is 1. The maximum absolute atomic E-state index is 7.50. The Hall–Kier alpha value is -1.76. The summed E-state index contributed by atoms with van der Waals surface area (Å²) in [7, 11) is 1.71. The summed E-state index contributed by atoms with van der Waals surface area (Å²) in [5.74, 6) is 0.930. The van der Waals surface area contributed by atoms with Crippen molar-refractivity contribution < 1.29 is 35.8 Å². The van der Waals surface area contributed by atoms with Crippen LogP contribution in [-0.2, 0) is 31.0 Å². The Morgan fingerprint density at radius 3 is 2.00 bits per heavy atom. The predicted octanol–water partition coefficient (Wildman–Crippen LogP) is 4.48. The molecule has 0 aromatic heterocycles. The van der Waals surface area contributed by atoms with Crippen LogP contribution < -0.4 is 4.74 Å². The van der Waals surface area contributed by atoms with E-state index >= 15 is 0 Å². The molecule has 2 aliphatic carbocycles. The monoisotopic (exact) mass is 380 g/mol. The van der Waals surface area contributed by atoms with Gasteiger partial charge in [0.25, 0.3) is 0 Å². The molecule has 1 saturated carbocycles. The molecule has 2 aliphatic rings. The molecule has 1 aromatic carbocycles. The largest absolute Gasteiger partial charge is 0 e. The Bertz CT molecular complexity index is 624. The summed E-state index contributed by atoms with van der Waals surface area (Å²) < 4.78 is 27.7. The van der Waals surface area contributed by atoms with Gasteiger partial charge in [0.1, 0.15) is 5.75 Å². The van der Waals surface area contributed by atoms with Crippen LogP contribution in [0.25, 0.3) is 5.57 Å². The van der Waals surface area contributed by atoms with Gasteiger partial charge in [0.15, 0.2) is 0 Å². The third kappa shape index (κ3) is 5.92. The summed E-state index contributed by atoms with van der Waals surface area (Å²) in [6.07, 6.45) is 9.93. The zero-order valence-electron chi connectivity index (χ0n) is 14.3. The molecule has 0 amide bonds. The average Bonchev–Trinajstić information content (AvgIpc) is 3.03. The van der Waals surface area contributed by atoms with Crippen molar-refractivity contribution in [3.63, 3.8) is 0 Å². The molecule has 0 heterocycles. The van der Waals surface area contributed by atoms with Crippen molar-refractivity contribution in [2.75, 3.05) is 7.11 Å². The second-order valence-electron chi connectivity index (χ2n) is 5.54. The summed E-state index contributed by atoms with van der Waals surface area (Å²) in [5, 5.41) is 0. The molecule has 132 valence electrons. The first-order chi connectivity index (χ1) is 11.7. The fraction of sp³-hybridized carbons (Fsp3) is 0.350. The van der Waals surface area contributed by atoms with Gasteiger partial charge in [-0.1, -0.05) is 43.2 Å². The van der Waals surface area contributed by atoms with Crippen molar-refractivity contribution in [3.8, 4) is 5.75 Å². The van der Waals surface area contributed by atoms with Crippen molar-refractivity contribution in [2.45, 2.75) is 32.6 Å².